The van der Waals surface area contributed by atoms with Crippen LogP contribution in [-0.2, 0) is 14.3 Å². The summed E-state index contributed by atoms with van der Waals surface area (Å²) in [6.07, 6.45) is -0.128. The molecule has 0 unspecified atom stereocenters. The second-order valence-corrected chi connectivity index (χ2v) is 5.99. The number of rotatable bonds is 4. The van der Waals surface area contributed by atoms with Crippen molar-refractivity contribution in [2.75, 3.05) is 19.7 Å². The Kier molecular flexibility index (Phi) is 4.30. The molecule has 0 bridgehead atoms. The Labute approximate surface area is 131 Å². The maximum Gasteiger partial charge on any atom is 0.306 e. The first kappa shape index (κ1) is 15.9. The van der Waals surface area contributed by atoms with Crippen molar-refractivity contribution in [3.8, 4) is 0 Å². The monoisotopic (exact) mass is 325 g/mol. The van der Waals surface area contributed by atoms with Crippen LogP contribution in [0.4, 0.5) is 8.78 Å². The van der Waals surface area contributed by atoms with Crippen molar-refractivity contribution >= 4 is 11.9 Å². The maximum absolute atomic E-state index is 13.8. The second kappa shape index (κ2) is 6.23. The van der Waals surface area contributed by atoms with Crippen molar-refractivity contribution in [1.82, 2.24) is 4.90 Å². The molecule has 0 spiro atoms. The van der Waals surface area contributed by atoms with Gasteiger partial charge in [-0.3, -0.25) is 9.59 Å². The second-order valence-electron chi connectivity index (χ2n) is 5.99. The molecule has 0 aromatic heterocycles. The van der Waals surface area contributed by atoms with E-state index in [0.29, 0.717) is 25.1 Å². The van der Waals surface area contributed by atoms with E-state index in [9.17, 15) is 18.4 Å². The Morgan fingerprint density at radius 3 is 2.83 bits per heavy atom. The zero-order valence-corrected chi connectivity index (χ0v) is 12.4. The Morgan fingerprint density at radius 1 is 1.35 bits per heavy atom. The Morgan fingerprint density at radius 2 is 2.13 bits per heavy atom. The highest BCUT2D eigenvalue weighted by atomic mass is 19.1. The standard InChI is InChI=1S/C16H17F2NO4/c17-9-1-2-11(14(18)5-9)12-7-13(12)16(22)19-3-4-23-10(8-19)6-15(20)21/h1-2,5,10,12-13H,3-4,6-8H2,(H,20,21)/t10-,12+,13-/m1/s1. The number of hydrogen-bond donors (Lipinski definition) is 1. The van der Waals surface area contributed by atoms with Crippen LogP contribution in [0.2, 0.25) is 0 Å². The lowest BCUT2D eigenvalue weighted by molar-refractivity contribution is -0.148. The number of aliphatic carboxylic acids is 1. The molecular weight excluding hydrogens is 308 g/mol. The zero-order chi connectivity index (χ0) is 16.6. The molecule has 1 N–H and O–H groups in total. The summed E-state index contributed by atoms with van der Waals surface area (Å²) in [5.41, 5.74) is 0.361. The van der Waals surface area contributed by atoms with E-state index < -0.39 is 23.7 Å². The number of carboxylic acids is 1. The lowest BCUT2D eigenvalue weighted by Crippen LogP contribution is -2.47. The number of carbonyl (C=O) groups excluding carboxylic acids is 1. The summed E-state index contributed by atoms with van der Waals surface area (Å²) < 4.78 is 32.1. The fourth-order valence-corrected chi connectivity index (χ4v) is 3.09. The first-order chi connectivity index (χ1) is 11.0. The fourth-order valence-electron chi connectivity index (χ4n) is 3.09. The molecular formula is C16H17F2NO4. The van der Waals surface area contributed by atoms with Crippen LogP contribution < -0.4 is 0 Å². The number of carboxylic acid groups (broad SMARTS) is 1. The van der Waals surface area contributed by atoms with Crippen molar-refractivity contribution in [2.45, 2.75) is 24.9 Å². The van der Waals surface area contributed by atoms with E-state index in [4.69, 9.17) is 9.84 Å². The summed E-state index contributed by atoms with van der Waals surface area (Å²) in [5, 5.41) is 8.80. The Bertz CT molecular complexity index is 637. The number of nitrogens with zero attached hydrogens (tertiary/aromatic N) is 1. The lowest BCUT2D eigenvalue weighted by atomic mass is 10.1. The van der Waals surface area contributed by atoms with E-state index in [1.807, 2.05) is 0 Å². The number of morpholine rings is 1. The van der Waals surface area contributed by atoms with Crippen molar-refractivity contribution < 1.29 is 28.2 Å². The zero-order valence-electron chi connectivity index (χ0n) is 12.4. The Hall–Kier alpha value is -2.02. The normalized spacial score (nSPS) is 26.9. The topological polar surface area (TPSA) is 66.8 Å². The third kappa shape index (κ3) is 3.50. The van der Waals surface area contributed by atoms with Gasteiger partial charge in [0.15, 0.2) is 0 Å². The third-order valence-electron chi connectivity index (χ3n) is 4.32. The van der Waals surface area contributed by atoms with Gasteiger partial charge >= 0.3 is 5.97 Å². The van der Waals surface area contributed by atoms with Crippen LogP contribution in [0.25, 0.3) is 0 Å². The van der Waals surface area contributed by atoms with Gasteiger partial charge in [-0.1, -0.05) is 6.07 Å². The maximum atomic E-state index is 13.8. The number of halogens is 2. The minimum Gasteiger partial charge on any atom is -0.481 e. The lowest BCUT2D eigenvalue weighted by Gasteiger charge is -2.32. The fraction of sp³-hybridized carbons (Fsp3) is 0.500. The van der Waals surface area contributed by atoms with Gasteiger partial charge in [0.2, 0.25) is 5.91 Å². The molecule has 1 saturated heterocycles. The molecule has 0 radical (unpaired) electrons. The highest BCUT2D eigenvalue weighted by Gasteiger charge is 2.47. The van der Waals surface area contributed by atoms with Gasteiger partial charge in [0.1, 0.15) is 11.6 Å². The molecule has 3 atom stereocenters. The van der Waals surface area contributed by atoms with Crippen molar-refractivity contribution in [3.05, 3.63) is 35.4 Å². The smallest absolute Gasteiger partial charge is 0.306 e. The van der Waals surface area contributed by atoms with Crippen LogP contribution in [-0.4, -0.2) is 47.7 Å². The molecule has 124 valence electrons. The number of carbonyl (C=O) groups is 2. The van der Waals surface area contributed by atoms with Crippen LogP contribution in [0.3, 0.4) is 0 Å². The summed E-state index contributed by atoms with van der Waals surface area (Å²) in [4.78, 5) is 24.8. The van der Waals surface area contributed by atoms with E-state index in [-0.39, 0.29) is 30.7 Å². The summed E-state index contributed by atoms with van der Waals surface area (Å²) in [6.45, 7) is 0.941. The van der Waals surface area contributed by atoms with Crippen molar-refractivity contribution in [2.24, 2.45) is 5.92 Å². The molecule has 1 aromatic rings. The molecule has 1 amide bonds. The van der Waals surface area contributed by atoms with Crippen LogP contribution in [0.15, 0.2) is 18.2 Å². The largest absolute Gasteiger partial charge is 0.481 e. The first-order valence-corrected chi connectivity index (χ1v) is 7.53. The average Bonchev–Trinajstić information content (AvgIpc) is 3.26. The van der Waals surface area contributed by atoms with Crippen LogP contribution in [0.5, 0.6) is 0 Å². The molecule has 23 heavy (non-hydrogen) atoms. The van der Waals surface area contributed by atoms with Gasteiger partial charge in [0, 0.05) is 25.1 Å². The SMILES string of the molecule is O=C(O)C[C@@H]1CN(C(=O)[C@@H]2C[C@H]2c2ccc(F)cc2F)CCO1. The first-order valence-electron chi connectivity index (χ1n) is 7.53. The molecule has 1 heterocycles. The predicted molar refractivity (Wildman–Crippen MR) is 75.8 cm³/mol. The predicted octanol–water partition coefficient (Wildman–Crippen LogP) is 1.77. The van der Waals surface area contributed by atoms with E-state index >= 15 is 0 Å². The van der Waals surface area contributed by atoms with E-state index in [0.717, 1.165) is 6.07 Å². The molecule has 7 heteroatoms. The van der Waals surface area contributed by atoms with Gasteiger partial charge in [0.25, 0.3) is 0 Å². The van der Waals surface area contributed by atoms with Crippen LogP contribution in [0.1, 0.15) is 24.3 Å². The summed E-state index contributed by atoms with van der Waals surface area (Å²) in [5.74, 6) is -2.91. The minimum absolute atomic E-state index is 0.114. The summed E-state index contributed by atoms with van der Waals surface area (Å²) in [6, 6.07) is 3.40. The molecule has 1 aliphatic heterocycles. The Balaban J connectivity index is 1.62. The number of benzene rings is 1. The van der Waals surface area contributed by atoms with Crippen LogP contribution >= 0.6 is 0 Å². The highest BCUT2D eigenvalue weighted by Crippen LogP contribution is 2.49. The van der Waals surface area contributed by atoms with Gasteiger partial charge in [-0.2, -0.15) is 0 Å². The summed E-state index contributed by atoms with van der Waals surface area (Å²) >= 11 is 0. The minimum atomic E-state index is -0.970. The van der Waals surface area contributed by atoms with Gasteiger partial charge in [-0.25, -0.2) is 8.78 Å². The number of hydrogen-bond acceptors (Lipinski definition) is 3. The van der Waals surface area contributed by atoms with Gasteiger partial charge in [-0.05, 0) is 24.0 Å². The van der Waals surface area contributed by atoms with Crippen molar-refractivity contribution in [1.29, 1.82) is 0 Å². The third-order valence-corrected chi connectivity index (χ3v) is 4.32. The average molecular weight is 325 g/mol. The van der Waals surface area contributed by atoms with Gasteiger partial charge in [-0.15, -0.1) is 0 Å². The molecule has 5 nitrogen and oxygen atoms in total. The van der Waals surface area contributed by atoms with Gasteiger partial charge in [0.05, 0.1) is 19.1 Å². The molecule has 1 aliphatic carbocycles. The molecule has 3 rings (SSSR count). The van der Waals surface area contributed by atoms with Gasteiger partial charge < -0.3 is 14.7 Å². The van der Waals surface area contributed by atoms with Crippen molar-refractivity contribution in [3.63, 3.8) is 0 Å². The summed E-state index contributed by atoms with van der Waals surface area (Å²) in [7, 11) is 0. The molecule has 2 fully saturated rings. The van der Waals surface area contributed by atoms with E-state index in [2.05, 4.69) is 0 Å². The molecule has 1 saturated carbocycles. The van der Waals surface area contributed by atoms with Crippen LogP contribution in [0, 0.1) is 17.6 Å². The molecule has 1 aromatic carbocycles. The molecule has 2 aliphatic rings. The number of amides is 1. The van der Waals surface area contributed by atoms with E-state index in [1.54, 1.807) is 4.90 Å². The quantitative estimate of drug-likeness (QED) is 0.916. The van der Waals surface area contributed by atoms with E-state index in [1.165, 1.54) is 12.1 Å². The number of ether oxygens (including phenoxy) is 1. The highest BCUT2D eigenvalue weighted by molar-refractivity contribution is 5.83.